The lowest BCUT2D eigenvalue weighted by molar-refractivity contribution is 0.824. The summed E-state index contributed by atoms with van der Waals surface area (Å²) in [7, 11) is -1.78. The van der Waals surface area contributed by atoms with Gasteiger partial charge in [0.1, 0.15) is 23.2 Å². The first kappa shape index (κ1) is 22.0. The van der Waals surface area contributed by atoms with Crippen molar-refractivity contribution < 1.29 is 5.48 Å². The summed E-state index contributed by atoms with van der Waals surface area (Å²) in [5.41, 5.74) is 1.39. The Morgan fingerprint density at radius 3 is 1.04 bits per heavy atom. The molecule has 0 aliphatic rings. The Hall–Kier alpha value is -2.30. The molecule has 0 fully saturated rings. The first-order valence-electron chi connectivity index (χ1n) is 8.98. The summed E-state index contributed by atoms with van der Waals surface area (Å²) in [5, 5.41) is 4.30. The SMILES string of the molecule is P.[OH-].c1ccc(C[P+](c2ccccc2)(c2ccccc2)c2ccccc2)cc1. The molecule has 4 aromatic carbocycles. The van der Waals surface area contributed by atoms with Crippen molar-refractivity contribution in [2.45, 2.75) is 6.16 Å². The van der Waals surface area contributed by atoms with Crippen LogP contribution in [0, 0.1) is 0 Å². The largest absolute Gasteiger partial charge is 0.870 e. The molecule has 0 heterocycles. The first-order valence-corrected chi connectivity index (χ1v) is 11.0. The minimum Gasteiger partial charge on any atom is -0.870 e. The summed E-state index contributed by atoms with van der Waals surface area (Å²) in [6.07, 6.45) is 1.03. The first-order chi connectivity index (χ1) is 12.9. The van der Waals surface area contributed by atoms with Crippen LogP contribution >= 0.6 is 17.2 Å². The zero-order valence-corrected chi connectivity index (χ0v) is 18.2. The second kappa shape index (κ2) is 10.3. The molecule has 1 atom stereocenters. The van der Waals surface area contributed by atoms with E-state index in [2.05, 4.69) is 121 Å². The van der Waals surface area contributed by atoms with Gasteiger partial charge in [-0.05, 0) is 42.0 Å². The van der Waals surface area contributed by atoms with Gasteiger partial charge in [-0.15, -0.1) is 0 Å². The molecule has 28 heavy (non-hydrogen) atoms. The zero-order chi connectivity index (χ0) is 17.7. The Bertz CT molecular complexity index is 846. The van der Waals surface area contributed by atoms with E-state index in [9.17, 15) is 0 Å². The third-order valence-corrected chi connectivity index (χ3v) is 9.23. The highest BCUT2D eigenvalue weighted by molar-refractivity contribution is 7.95. The highest BCUT2D eigenvalue weighted by Gasteiger charge is 2.45. The van der Waals surface area contributed by atoms with Crippen LogP contribution in [0.3, 0.4) is 0 Å². The molecule has 0 aliphatic carbocycles. The summed E-state index contributed by atoms with van der Waals surface area (Å²) < 4.78 is 0. The molecule has 0 bridgehead atoms. The summed E-state index contributed by atoms with van der Waals surface area (Å²) in [6.45, 7) is 0. The smallest absolute Gasteiger partial charge is 0.116 e. The molecule has 0 spiro atoms. The van der Waals surface area contributed by atoms with Crippen molar-refractivity contribution in [2.75, 3.05) is 0 Å². The predicted octanol–water partition coefficient (Wildman–Crippen LogP) is 5.06. The molecule has 0 radical (unpaired) electrons. The fourth-order valence-corrected chi connectivity index (χ4v) is 7.87. The van der Waals surface area contributed by atoms with Gasteiger partial charge in [-0.3, -0.25) is 0 Å². The van der Waals surface area contributed by atoms with Crippen molar-refractivity contribution in [2.24, 2.45) is 0 Å². The maximum atomic E-state index is 2.30. The molecule has 4 rings (SSSR count). The van der Waals surface area contributed by atoms with Crippen molar-refractivity contribution in [3.63, 3.8) is 0 Å². The van der Waals surface area contributed by atoms with E-state index in [1.807, 2.05) is 0 Å². The number of hydrogen-bond donors (Lipinski definition) is 0. The molecule has 1 N–H and O–H groups in total. The maximum absolute atomic E-state index is 2.30. The molecular weight excluding hydrogens is 378 g/mol. The highest BCUT2D eigenvalue weighted by atomic mass is 31.2. The minimum absolute atomic E-state index is 0. The summed E-state index contributed by atoms with van der Waals surface area (Å²) in [5.74, 6) is 0. The molecule has 4 aromatic rings. The van der Waals surface area contributed by atoms with Crippen LogP contribution in [-0.2, 0) is 6.16 Å². The molecule has 0 saturated carbocycles. The van der Waals surface area contributed by atoms with Crippen LogP contribution in [-0.4, -0.2) is 5.48 Å². The van der Waals surface area contributed by atoms with E-state index in [4.69, 9.17) is 0 Å². The van der Waals surface area contributed by atoms with Gasteiger partial charge in [0.15, 0.2) is 0 Å². The number of hydrogen-bond acceptors (Lipinski definition) is 1. The van der Waals surface area contributed by atoms with E-state index in [1.54, 1.807) is 0 Å². The second-order valence-corrected chi connectivity index (χ2v) is 9.95. The Labute approximate surface area is 171 Å². The number of benzene rings is 4. The van der Waals surface area contributed by atoms with Crippen molar-refractivity contribution in [3.05, 3.63) is 127 Å². The summed E-state index contributed by atoms with van der Waals surface area (Å²) in [4.78, 5) is 0. The maximum Gasteiger partial charge on any atom is 0.116 e. The molecule has 142 valence electrons. The summed E-state index contributed by atoms with van der Waals surface area (Å²) in [6, 6.07) is 44.0. The van der Waals surface area contributed by atoms with Crippen LogP contribution < -0.4 is 15.9 Å². The van der Waals surface area contributed by atoms with Crippen molar-refractivity contribution >= 4 is 33.1 Å². The number of rotatable bonds is 5. The van der Waals surface area contributed by atoms with Crippen LogP contribution in [0.25, 0.3) is 0 Å². The fourth-order valence-electron chi connectivity index (χ4n) is 3.63. The van der Waals surface area contributed by atoms with E-state index < -0.39 is 7.26 Å². The zero-order valence-electron chi connectivity index (χ0n) is 15.9. The fraction of sp³-hybridized carbons (Fsp3) is 0.0400. The van der Waals surface area contributed by atoms with Gasteiger partial charge in [0.05, 0.1) is 6.16 Å². The van der Waals surface area contributed by atoms with Crippen molar-refractivity contribution in [1.82, 2.24) is 0 Å². The van der Waals surface area contributed by atoms with Gasteiger partial charge in [-0.25, -0.2) is 0 Å². The van der Waals surface area contributed by atoms with Gasteiger partial charge in [-0.1, -0.05) is 84.9 Å². The van der Waals surface area contributed by atoms with Crippen LogP contribution in [0.2, 0.25) is 0 Å². The monoisotopic (exact) mass is 404 g/mol. The van der Waals surface area contributed by atoms with E-state index >= 15 is 0 Å². The van der Waals surface area contributed by atoms with Gasteiger partial charge < -0.3 is 5.48 Å². The highest BCUT2D eigenvalue weighted by Crippen LogP contribution is 2.58. The van der Waals surface area contributed by atoms with E-state index in [1.165, 1.54) is 21.5 Å². The van der Waals surface area contributed by atoms with Crippen LogP contribution in [0.1, 0.15) is 5.56 Å². The Morgan fingerprint density at radius 1 is 0.429 bits per heavy atom. The lowest BCUT2D eigenvalue weighted by Crippen LogP contribution is -2.32. The lowest BCUT2D eigenvalue weighted by atomic mass is 10.2. The predicted molar refractivity (Wildman–Crippen MR) is 128 cm³/mol. The van der Waals surface area contributed by atoms with Gasteiger partial charge in [0.25, 0.3) is 0 Å². The van der Waals surface area contributed by atoms with Crippen molar-refractivity contribution in [3.8, 4) is 0 Å². The molecule has 0 saturated heterocycles. The molecular formula is C25H26OP2. The minimum atomic E-state index is -1.78. The Balaban J connectivity index is 0.00000140. The van der Waals surface area contributed by atoms with Gasteiger partial charge in [0, 0.05) is 0 Å². The normalized spacial score (nSPS) is 10.4. The third kappa shape index (κ3) is 4.40. The van der Waals surface area contributed by atoms with Crippen LogP contribution in [0.5, 0.6) is 0 Å². The average Bonchev–Trinajstić information content (AvgIpc) is 2.75. The molecule has 0 aliphatic heterocycles. The molecule has 1 unspecified atom stereocenters. The topological polar surface area (TPSA) is 30.0 Å². The second-order valence-electron chi connectivity index (χ2n) is 6.46. The van der Waals surface area contributed by atoms with E-state index in [-0.39, 0.29) is 15.4 Å². The summed E-state index contributed by atoms with van der Waals surface area (Å²) >= 11 is 0. The van der Waals surface area contributed by atoms with E-state index in [0.29, 0.717) is 0 Å². The quantitative estimate of drug-likeness (QED) is 0.428. The van der Waals surface area contributed by atoms with Gasteiger partial charge >= 0.3 is 0 Å². The van der Waals surface area contributed by atoms with Crippen molar-refractivity contribution in [1.29, 1.82) is 0 Å². The van der Waals surface area contributed by atoms with Gasteiger partial charge in [0.2, 0.25) is 0 Å². The van der Waals surface area contributed by atoms with Crippen LogP contribution in [0.4, 0.5) is 0 Å². The van der Waals surface area contributed by atoms with Gasteiger partial charge in [-0.2, -0.15) is 9.90 Å². The van der Waals surface area contributed by atoms with Crippen LogP contribution in [0.15, 0.2) is 121 Å². The Kier molecular flexibility index (Phi) is 8.09. The van der Waals surface area contributed by atoms with E-state index in [0.717, 1.165) is 6.16 Å². The third-order valence-electron chi connectivity index (χ3n) is 4.85. The molecule has 0 amide bonds. The average molecular weight is 404 g/mol. The Morgan fingerprint density at radius 2 is 0.714 bits per heavy atom. The molecule has 0 aromatic heterocycles. The molecule has 3 heteroatoms. The lowest BCUT2D eigenvalue weighted by Gasteiger charge is -2.27. The molecule has 1 nitrogen and oxygen atoms in total. The standard InChI is InChI=1S/C25H22P.H2O.H3P/c1-5-13-22(14-6-1)21-26(23-15-7-2-8-16-23,24-17-9-3-10-18-24)25-19-11-4-12-20-25;;/h1-20H,21H2;1H2;1H3/q+1;;/p-1.